The molecule has 0 saturated heterocycles. The lowest BCUT2D eigenvalue weighted by atomic mass is 10.1. The molecule has 2 rings (SSSR count). The highest BCUT2D eigenvalue weighted by atomic mass is 16.5. The summed E-state index contributed by atoms with van der Waals surface area (Å²) in [5.41, 5.74) is 2.24. The predicted molar refractivity (Wildman–Crippen MR) is 118 cm³/mol. The summed E-state index contributed by atoms with van der Waals surface area (Å²) in [6, 6.07) is 15.7. The third-order valence-electron chi connectivity index (χ3n) is 4.54. The zero-order valence-electron chi connectivity index (χ0n) is 17.6. The van der Waals surface area contributed by atoms with Gasteiger partial charge in [0.2, 0.25) is 11.8 Å². The fraction of sp³-hybridized carbons (Fsp3) is 0.333. The van der Waals surface area contributed by atoms with Crippen molar-refractivity contribution >= 4 is 11.8 Å². The maximum absolute atomic E-state index is 11.9. The number of hydrogen-bond donors (Lipinski definition) is 2. The number of nitrogens with one attached hydrogen (secondary N) is 2. The summed E-state index contributed by atoms with van der Waals surface area (Å²) in [7, 11) is 3.19. The van der Waals surface area contributed by atoms with Gasteiger partial charge in [-0.15, -0.1) is 0 Å². The van der Waals surface area contributed by atoms with Crippen LogP contribution in [0.1, 0.15) is 24.0 Å². The first-order valence-corrected chi connectivity index (χ1v) is 10.1. The molecule has 0 aliphatic carbocycles. The lowest BCUT2D eigenvalue weighted by Gasteiger charge is -2.10. The number of methoxy groups -OCH3 is 2. The Balaban J connectivity index is 1.59. The molecule has 0 aromatic heterocycles. The fourth-order valence-corrected chi connectivity index (χ4v) is 2.90. The van der Waals surface area contributed by atoms with E-state index in [1.165, 1.54) is 5.56 Å². The Morgan fingerprint density at radius 1 is 0.767 bits per heavy atom. The van der Waals surface area contributed by atoms with E-state index in [1.54, 1.807) is 26.4 Å². The number of rotatable bonds is 12. The van der Waals surface area contributed by atoms with Gasteiger partial charge < -0.3 is 20.1 Å². The Kier molecular flexibility index (Phi) is 10.00. The number of ether oxygens (including phenoxy) is 2. The van der Waals surface area contributed by atoms with Crippen LogP contribution >= 0.6 is 0 Å². The van der Waals surface area contributed by atoms with Crippen LogP contribution in [0.4, 0.5) is 0 Å². The molecule has 0 heterocycles. The van der Waals surface area contributed by atoms with Gasteiger partial charge in [0.25, 0.3) is 0 Å². The van der Waals surface area contributed by atoms with Gasteiger partial charge >= 0.3 is 0 Å². The van der Waals surface area contributed by atoms with Crippen LogP contribution in [0.5, 0.6) is 11.5 Å². The first-order chi connectivity index (χ1) is 14.6. The summed E-state index contributed by atoms with van der Waals surface area (Å²) >= 11 is 0. The van der Waals surface area contributed by atoms with E-state index >= 15 is 0 Å². The van der Waals surface area contributed by atoms with Crippen molar-refractivity contribution in [1.82, 2.24) is 10.6 Å². The summed E-state index contributed by atoms with van der Waals surface area (Å²) in [4.78, 5) is 23.7. The molecule has 2 N–H and O–H groups in total. The quantitative estimate of drug-likeness (QED) is 0.527. The third-order valence-corrected chi connectivity index (χ3v) is 4.54. The Morgan fingerprint density at radius 3 is 1.90 bits per heavy atom. The molecule has 0 spiro atoms. The van der Waals surface area contributed by atoms with Gasteiger partial charge in [0, 0.05) is 25.9 Å². The molecule has 2 amide bonds. The van der Waals surface area contributed by atoms with E-state index in [-0.39, 0.29) is 24.7 Å². The smallest absolute Gasteiger partial charge is 0.223 e. The highest BCUT2D eigenvalue weighted by Gasteiger charge is 2.05. The van der Waals surface area contributed by atoms with Gasteiger partial charge in [0.15, 0.2) is 11.5 Å². The maximum Gasteiger partial charge on any atom is 0.223 e. The minimum Gasteiger partial charge on any atom is -0.493 e. The first-order valence-electron chi connectivity index (χ1n) is 10.1. The van der Waals surface area contributed by atoms with Crippen molar-refractivity contribution < 1.29 is 19.1 Å². The fourth-order valence-electron chi connectivity index (χ4n) is 2.90. The lowest BCUT2D eigenvalue weighted by Crippen LogP contribution is -2.25. The topological polar surface area (TPSA) is 76.7 Å². The van der Waals surface area contributed by atoms with Crippen molar-refractivity contribution in [3.05, 3.63) is 71.8 Å². The van der Waals surface area contributed by atoms with Crippen LogP contribution in [0.3, 0.4) is 0 Å². The number of hydrogen-bond acceptors (Lipinski definition) is 4. The molecule has 0 atom stereocenters. The SMILES string of the molecule is COc1ccc(CCNC(=O)C/C=C/CC(=O)NCCc2ccccc2)cc1OC. The lowest BCUT2D eigenvalue weighted by molar-refractivity contribution is -0.121. The molecule has 0 bridgehead atoms. The van der Waals surface area contributed by atoms with E-state index < -0.39 is 0 Å². The number of carbonyl (C=O) groups excluding carboxylic acids is 2. The monoisotopic (exact) mass is 410 g/mol. The molecular weight excluding hydrogens is 380 g/mol. The highest BCUT2D eigenvalue weighted by Crippen LogP contribution is 2.27. The first kappa shape index (κ1) is 23.0. The summed E-state index contributed by atoms with van der Waals surface area (Å²) in [6.07, 6.45) is 5.48. The molecule has 0 saturated carbocycles. The van der Waals surface area contributed by atoms with Gasteiger partial charge in [-0.25, -0.2) is 0 Å². The van der Waals surface area contributed by atoms with E-state index in [1.807, 2.05) is 48.5 Å². The summed E-state index contributed by atoms with van der Waals surface area (Å²) in [5.74, 6) is 1.23. The Labute approximate surface area is 178 Å². The average Bonchev–Trinajstić information content (AvgIpc) is 2.77. The van der Waals surface area contributed by atoms with Gasteiger partial charge in [-0.05, 0) is 36.1 Å². The largest absolute Gasteiger partial charge is 0.493 e. The van der Waals surface area contributed by atoms with Gasteiger partial charge in [-0.1, -0.05) is 48.6 Å². The zero-order valence-corrected chi connectivity index (χ0v) is 17.6. The van der Waals surface area contributed by atoms with Gasteiger partial charge in [-0.3, -0.25) is 9.59 Å². The van der Waals surface area contributed by atoms with Gasteiger partial charge in [0.1, 0.15) is 0 Å². The Morgan fingerprint density at radius 2 is 1.33 bits per heavy atom. The standard InChI is InChI=1S/C24H30N2O4/c1-29-21-13-12-20(18-22(21)30-2)15-17-26-24(28)11-7-6-10-23(27)25-16-14-19-8-4-3-5-9-19/h3-9,12-13,18H,10-11,14-17H2,1-2H3,(H,25,27)(H,26,28)/b7-6+. The highest BCUT2D eigenvalue weighted by molar-refractivity contribution is 5.79. The van der Waals surface area contributed by atoms with Gasteiger partial charge in [-0.2, -0.15) is 0 Å². The van der Waals surface area contributed by atoms with Crippen LogP contribution in [0.2, 0.25) is 0 Å². The molecular formula is C24H30N2O4. The second-order valence-electron chi connectivity index (χ2n) is 6.75. The van der Waals surface area contributed by atoms with E-state index in [0.29, 0.717) is 31.0 Å². The van der Waals surface area contributed by atoms with Crippen LogP contribution in [0.25, 0.3) is 0 Å². The van der Waals surface area contributed by atoms with E-state index in [4.69, 9.17) is 9.47 Å². The second-order valence-corrected chi connectivity index (χ2v) is 6.75. The molecule has 6 heteroatoms. The summed E-state index contributed by atoms with van der Waals surface area (Å²) < 4.78 is 10.5. The number of amides is 2. The van der Waals surface area contributed by atoms with Crippen molar-refractivity contribution in [3.63, 3.8) is 0 Å². The molecule has 0 unspecified atom stereocenters. The zero-order chi connectivity index (χ0) is 21.6. The van der Waals surface area contributed by atoms with Crippen LogP contribution < -0.4 is 20.1 Å². The summed E-state index contributed by atoms with van der Waals surface area (Å²) in [6.45, 7) is 1.13. The molecule has 6 nitrogen and oxygen atoms in total. The third kappa shape index (κ3) is 8.39. The second kappa shape index (κ2) is 13.0. The maximum atomic E-state index is 11.9. The summed E-state index contributed by atoms with van der Waals surface area (Å²) in [5, 5.41) is 5.75. The molecule has 2 aromatic carbocycles. The van der Waals surface area contributed by atoms with E-state index in [9.17, 15) is 9.59 Å². The van der Waals surface area contributed by atoms with Crippen molar-refractivity contribution in [1.29, 1.82) is 0 Å². The molecule has 30 heavy (non-hydrogen) atoms. The minimum absolute atomic E-state index is 0.0453. The number of benzene rings is 2. The van der Waals surface area contributed by atoms with Crippen molar-refractivity contribution in [2.24, 2.45) is 0 Å². The molecule has 0 radical (unpaired) electrons. The molecule has 160 valence electrons. The van der Waals surface area contributed by atoms with Crippen LogP contribution in [0.15, 0.2) is 60.7 Å². The molecule has 0 fully saturated rings. The number of carbonyl (C=O) groups is 2. The van der Waals surface area contributed by atoms with E-state index in [2.05, 4.69) is 10.6 Å². The van der Waals surface area contributed by atoms with E-state index in [0.717, 1.165) is 12.0 Å². The predicted octanol–water partition coefficient (Wildman–Crippen LogP) is 3.06. The van der Waals surface area contributed by atoms with Crippen molar-refractivity contribution in [3.8, 4) is 11.5 Å². The van der Waals surface area contributed by atoms with Crippen LogP contribution in [-0.2, 0) is 22.4 Å². The van der Waals surface area contributed by atoms with Crippen LogP contribution in [-0.4, -0.2) is 39.1 Å². The van der Waals surface area contributed by atoms with Gasteiger partial charge in [0.05, 0.1) is 14.2 Å². The molecule has 2 aromatic rings. The van der Waals surface area contributed by atoms with Crippen molar-refractivity contribution in [2.75, 3.05) is 27.3 Å². The minimum atomic E-state index is -0.0730. The van der Waals surface area contributed by atoms with Crippen LogP contribution in [0, 0.1) is 0 Å². The average molecular weight is 411 g/mol. The Bertz CT molecular complexity index is 834. The normalized spacial score (nSPS) is 10.6. The van der Waals surface area contributed by atoms with Crippen molar-refractivity contribution in [2.45, 2.75) is 25.7 Å². The molecule has 0 aliphatic heterocycles. The molecule has 0 aliphatic rings. The Hall–Kier alpha value is -3.28.